The summed E-state index contributed by atoms with van der Waals surface area (Å²) >= 11 is 1.59. The van der Waals surface area contributed by atoms with Crippen LogP contribution in [0.25, 0.3) is 0 Å². The second kappa shape index (κ2) is 4.31. The maximum absolute atomic E-state index is 11.8. The Morgan fingerprint density at radius 3 is 3.00 bits per heavy atom. The standard InChI is InChI=1S/C11H10N2OS/c1-8-12-4-2-10(13-8)11(14)6-9-3-5-15-7-9/h2-5,7H,6H2,1H3. The molecule has 76 valence electrons. The highest BCUT2D eigenvalue weighted by atomic mass is 32.1. The Balaban J connectivity index is 2.15. The average Bonchev–Trinajstić information content (AvgIpc) is 2.70. The van der Waals surface area contributed by atoms with Crippen LogP contribution in [-0.2, 0) is 6.42 Å². The summed E-state index contributed by atoms with van der Waals surface area (Å²) in [4.78, 5) is 19.8. The Morgan fingerprint density at radius 1 is 1.47 bits per heavy atom. The van der Waals surface area contributed by atoms with Crippen molar-refractivity contribution in [1.29, 1.82) is 0 Å². The minimum atomic E-state index is 0.0406. The van der Waals surface area contributed by atoms with Crippen molar-refractivity contribution in [3.8, 4) is 0 Å². The molecule has 0 radical (unpaired) electrons. The fourth-order valence-corrected chi connectivity index (χ4v) is 1.95. The summed E-state index contributed by atoms with van der Waals surface area (Å²) in [5, 5.41) is 3.94. The highest BCUT2D eigenvalue weighted by Crippen LogP contribution is 2.09. The van der Waals surface area contributed by atoms with Crippen molar-refractivity contribution < 1.29 is 4.79 Å². The average molecular weight is 218 g/mol. The number of thiophene rings is 1. The number of Topliss-reactive ketones (excluding diaryl/α,β-unsaturated/α-hetero) is 1. The predicted octanol–water partition coefficient (Wildman–Crippen LogP) is 2.27. The number of rotatable bonds is 3. The molecule has 0 fully saturated rings. The lowest BCUT2D eigenvalue weighted by Crippen LogP contribution is -2.06. The van der Waals surface area contributed by atoms with Crippen LogP contribution in [0.15, 0.2) is 29.1 Å². The summed E-state index contributed by atoms with van der Waals surface area (Å²) in [7, 11) is 0. The molecule has 2 aromatic rings. The van der Waals surface area contributed by atoms with E-state index in [1.165, 1.54) is 0 Å². The normalized spacial score (nSPS) is 10.2. The zero-order chi connectivity index (χ0) is 10.7. The van der Waals surface area contributed by atoms with Crippen LogP contribution in [0, 0.1) is 6.92 Å². The molecule has 0 aliphatic carbocycles. The second-order valence-corrected chi connectivity index (χ2v) is 4.00. The van der Waals surface area contributed by atoms with Gasteiger partial charge in [0.25, 0.3) is 0 Å². The third-order valence-electron chi connectivity index (χ3n) is 2.01. The number of aromatic nitrogens is 2. The van der Waals surface area contributed by atoms with Crippen molar-refractivity contribution in [2.45, 2.75) is 13.3 Å². The lowest BCUT2D eigenvalue weighted by molar-refractivity contribution is 0.0988. The van der Waals surface area contributed by atoms with E-state index in [4.69, 9.17) is 0 Å². The van der Waals surface area contributed by atoms with Gasteiger partial charge >= 0.3 is 0 Å². The SMILES string of the molecule is Cc1nccc(C(=O)Cc2ccsc2)n1. The van der Waals surface area contributed by atoms with E-state index < -0.39 is 0 Å². The van der Waals surface area contributed by atoms with Gasteiger partial charge in [0.15, 0.2) is 5.78 Å². The van der Waals surface area contributed by atoms with Gasteiger partial charge in [-0.05, 0) is 35.4 Å². The number of nitrogens with zero attached hydrogens (tertiary/aromatic N) is 2. The molecule has 0 saturated heterocycles. The topological polar surface area (TPSA) is 42.9 Å². The van der Waals surface area contributed by atoms with Gasteiger partial charge in [-0.25, -0.2) is 9.97 Å². The number of hydrogen-bond acceptors (Lipinski definition) is 4. The first kappa shape index (κ1) is 9.98. The number of aryl methyl sites for hydroxylation is 1. The van der Waals surface area contributed by atoms with Gasteiger partial charge in [0.2, 0.25) is 0 Å². The number of ketones is 1. The van der Waals surface area contributed by atoms with Crippen LogP contribution in [0.3, 0.4) is 0 Å². The maximum Gasteiger partial charge on any atom is 0.185 e. The van der Waals surface area contributed by atoms with Crippen LogP contribution in [-0.4, -0.2) is 15.8 Å². The highest BCUT2D eigenvalue weighted by Gasteiger charge is 2.08. The molecular formula is C11H10N2OS. The Labute approximate surface area is 91.8 Å². The van der Waals surface area contributed by atoms with E-state index in [0.29, 0.717) is 17.9 Å². The van der Waals surface area contributed by atoms with Gasteiger partial charge in [-0.3, -0.25) is 4.79 Å². The lowest BCUT2D eigenvalue weighted by Gasteiger charge is -1.98. The van der Waals surface area contributed by atoms with Crippen molar-refractivity contribution in [3.05, 3.63) is 46.2 Å². The van der Waals surface area contributed by atoms with Gasteiger partial charge in [0, 0.05) is 12.6 Å². The Morgan fingerprint density at radius 2 is 2.33 bits per heavy atom. The summed E-state index contributed by atoms with van der Waals surface area (Å²) in [5.41, 5.74) is 1.54. The maximum atomic E-state index is 11.8. The van der Waals surface area contributed by atoms with Gasteiger partial charge < -0.3 is 0 Å². The molecule has 15 heavy (non-hydrogen) atoms. The molecule has 2 heterocycles. The molecular weight excluding hydrogens is 208 g/mol. The van der Waals surface area contributed by atoms with E-state index in [2.05, 4.69) is 9.97 Å². The molecule has 2 aromatic heterocycles. The molecule has 4 heteroatoms. The molecule has 0 atom stereocenters. The molecule has 0 aliphatic heterocycles. The van der Waals surface area contributed by atoms with Gasteiger partial charge in [-0.2, -0.15) is 11.3 Å². The van der Waals surface area contributed by atoms with Gasteiger partial charge in [0.1, 0.15) is 11.5 Å². The Bertz CT molecular complexity index is 465. The van der Waals surface area contributed by atoms with Gasteiger partial charge in [-0.1, -0.05) is 0 Å². The van der Waals surface area contributed by atoms with Crippen molar-refractivity contribution in [2.75, 3.05) is 0 Å². The van der Waals surface area contributed by atoms with E-state index in [0.717, 1.165) is 5.56 Å². The first-order valence-corrected chi connectivity index (χ1v) is 5.54. The zero-order valence-electron chi connectivity index (χ0n) is 8.30. The molecule has 0 N–H and O–H groups in total. The third-order valence-corrected chi connectivity index (χ3v) is 2.74. The van der Waals surface area contributed by atoms with E-state index in [-0.39, 0.29) is 5.78 Å². The molecule has 3 nitrogen and oxygen atoms in total. The van der Waals surface area contributed by atoms with E-state index >= 15 is 0 Å². The van der Waals surface area contributed by atoms with E-state index in [1.54, 1.807) is 30.5 Å². The van der Waals surface area contributed by atoms with Crippen molar-refractivity contribution in [2.24, 2.45) is 0 Å². The fourth-order valence-electron chi connectivity index (χ4n) is 1.28. The van der Waals surface area contributed by atoms with E-state index in [9.17, 15) is 4.79 Å². The summed E-state index contributed by atoms with van der Waals surface area (Å²) in [6.45, 7) is 1.78. The van der Waals surface area contributed by atoms with Crippen LogP contribution in [0.1, 0.15) is 21.9 Å². The van der Waals surface area contributed by atoms with Gasteiger partial charge in [0.05, 0.1) is 0 Å². The van der Waals surface area contributed by atoms with Crippen LogP contribution in [0.4, 0.5) is 0 Å². The first-order valence-electron chi connectivity index (χ1n) is 4.59. The molecule has 0 unspecified atom stereocenters. The van der Waals surface area contributed by atoms with Crippen molar-refractivity contribution in [1.82, 2.24) is 9.97 Å². The molecule has 0 spiro atoms. The van der Waals surface area contributed by atoms with Crippen LogP contribution < -0.4 is 0 Å². The van der Waals surface area contributed by atoms with Crippen LogP contribution in [0.2, 0.25) is 0 Å². The largest absolute Gasteiger partial charge is 0.292 e. The smallest absolute Gasteiger partial charge is 0.185 e. The molecule has 0 amide bonds. The molecule has 0 saturated carbocycles. The zero-order valence-corrected chi connectivity index (χ0v) is 9.12. The lowest BCUT2D eigenvalue weighted by atomic mass is 10.1. The van der Waals surface area contributed by atoms with E-state index in [1.807, 2.05) is 16.8 Å². The molecule has 0 aliphatic rings. The molecule has 0 bridgehead atoms. The summed E-state index contributed by atoms with van der Waals surface area (Å²) < 4.78 is 0. The summed E-state index contributed by atoms with van der Waals surface area (Å²) in [5.74, 6) is 0.671. The third kappa shape index (κ3) is 2.47. The fraction of sp³-hybridized carbons (Fsp3) is 0.182. The Hall–Kier alpha value is -1.55. The minimum Gasteiger partial charge on any atom is -0.292 e. The van der Waals surface area contributed by atoms with Crippen molar-refractivity contribution in [3.63, 3.8) is 0 Å². The number of hydrogen-bond donors (Lipinski definition) is 0. The monoisotopic (exact) mass is 218 g/mol. The number of carbonyl (C=O) groups is 1. The Kier molecular flexibility index (Phi) is 2.87. The van der Waals surface area contributed by atoms with Gasteiger partial charge in [-0.15, -0.1) is 0 Å². The van der Waals surface area contributed by atoms with Crippen molar-refractivity contribution >= 4 is 17.1 Å². The quantitative estimate of drug-likeness (QED) is 0.742. The summed E-state index contributed by atoms with van der Waals surface area (Å²) in [6, 6.07) is 3.61. The van der Waals surface area contributed by atoms with Crippen LogP contribution in [0.5, 0.6) is 0 Å². The van der Waals surface area contributed by atoms with Crippen LogP contribution >= 0.6 is 11.3 Å². The minimum absolute atomic E-state index is 0.0406. The summed E-state index contributed by atoms with van der Waals surface area (Å²) in [6.07, 6.45) is 2.03. The highest BCUT2D eigenvalue weighted by molar-refractivity contribution is 7.08. The molecule has 2 rings (SSSR count). The molecule has 0 aromatic carbocycles. The second-order valence-electron chi connectivity index (χ2n) is 3.22. The first-order chi connectivity index (χ1) is 7.25. The number of carbonyl (C=O) groups excluding carboxylic acids is 1. The predicted molar refractivity (Wildman–Crippen MR) is 59.1 cm³/mol.